The molecule has 2 fully saturated rings. The largest absolute Gasteiger partial charge is 0.456 e. The molecule has 0 saturated carbocycles. The van der Waals surface area contributed by atoms with Gasteiger partial charge in [0, 0.05) is 13.1 Å². The lowest BCUT2D eigenvalue weighted by Gasteiger charge is -2.32. The van der Waals surface area contributed by atoms with E-state index < -0.39 is 9.84 Å². The van der Waals surface area contributed by atoms with Gasteiger partial charge in [-0.1, -0.05) is 24.6 Å². The van der Waals surface area contributed by atoms with E-state index in [2.05, 4.69) is 10.2 Å². The van der Waals surface area contributed by atoms with Crippen molar-refractivity contribution in [3.8, 4) is 6.07 Å². The van der Waals surface area contributed by atoms with E-state index in [1.54, 1.807) is 18.2 Å². The van der Waals surface area contributed by atoms with E-state index >= 15 is 0 Å². The molecule has 2 aliphatic heterocycles. The quantitative estimate of drug-likeness (QED) is 0.842. The predicted octanol–water partition coefficient (Wildman–Crippen LogP) is 1.97. The van der Waals surface area contributed by atoms with E-state index in [4.69, 9.17) is 4.74 Å². The fourth-order valence-electron chi connectivity index (χ4n) is 3.17. The molecule has 0 bridgehead atoms. The Hall–Kier alpha value is -2.04. The molecule has 0 aliphatic carbocycles. The zero-order valence-corrected chi connectivity index (χ0v) is 14.4. The van der Waals surface area contributed by atoms with Gasteiger partial charge in [0.1, 0.15) is 6.07 Å². The number of allylic oxidation sites excluding steroid dienone is 1. The predicted molar refractivity (Wildman–Crippen MR) is 89.2 cm³/mol. The second-order valence-corrected chi connectivity index (χ2v) is 8.01. The van der Waals surface area contributed by atoms with Crippen LogP contribution in [-0.4, -0.2) is 38.7 Å². The van der Waals surface area contributed by atoms with Crippen molar-refractivity contribution in [2.75, 3.05) is 13.1 Å². The SMILES string of the molecule is C[C@H]1N/C(=C(\C#N)S(=O)(=O)c2ccccc2)O[C@@H]1N1CCCCC1. The van der Waals surface area contributed by atoms with E-state index in [1.807, 2.05) is 13.0 Å². The summed E-state index contributed by atoms with van der Waals surface area (Å²) in [6, 6.07) is 9.70. The first kappa shape index (κ1) is 16.8. The second kappa shape index (κ2) is 6.83. The maximum absolute atomic E-state index is 12.7. The van der Waals surface area contributed by atoms with Crippen LogP contribution in [0.15, 0.2) is 46.0 Å². The summed E-state index contributed by atoms with van der Waals surface area (Å²) in [5.74, 6) is 0.0597. The van der Waals surface area contributed by atoms with Gasteiger partial charge in [-0.25, -0.2) is 8.42 Å². The highest BCUT2D eigenvalue weighted by molar-refractivity contribution is 7.95. The van der Waals surface area contributed by atoms with Crippen molar-refractivity contribution in [2.45, 2.75) is 43.4 Å². The molecule has 0 unspecified atom stereocenters. The van der Waals surface area contributed by atoms with E-state index in [9.17, 15) is 13.7 Å². The smallest absolute Gasteiger partial charge is 0.221 e. The number of nitrogens with one attached hydrogen (secondary N) is 1. The molecule has 0 amide bonds. The van der Waals surface area contributed by atoms with Crippen LogP contribution in [0.25, 0.3) is 0 Å². The number of piperidine rings is 1. The Morgan fingerprint density at radius 2 is 1.92 bits per heavy atom. The van der Waals surface area contributed by atoms with Crippen molar-refractivity contribution in [3.63, 3.8) is 0 Å². The maximum Gasteiger partial charge on any atom is 0.221 e. The topological polar surface area (TPSA) is 82.4 Å². The van der Waals surface area contributed by atoms with Gasteiger partial charge in [0.05, 0.1) is 10.9 Å². The highest BCUT2D eigenvalue weighted by Crippen LogP contribution is 2.28. The first-order valence-corrected chi connectivity index (χ1v) is 9.64. The van der Waals surface area contributed by atoms with Crippen molar-refractivity contribution < 1.29 is 13.2 Å². The summed E-state index contributed by atoms with van der Waals surface area (Å²) < 4.78 is 31.3. The Bertz CT molecular complexity index is 762. The third kappa shape index (κ3) is 3.12. The van der Waals surface area contributed by atoms with Crippen LogP contribution in [0.5, 0.6) is 0 Å². The van der Waals surface area contributed by atoms with Crippen LogP contribution in [0.1, 0.15) is 26.2 Å². The summed E-state index contributed by atoms with van der Waals surface area (Å²) in [6.45, 7) is 3.80. The molecule has 2 heterocycles. The third-order valence-electron chi connectivity index (χ3n) is 4.41. The number of likely N-dealkylation sites (tertiary alicyclic amines) is 1. The number of hydrogen-bond acceptors (Lipinski definition) is 6. The van der Waals surface area contributed by atoms with Crippen LogP contribution < -0.4 is 5.32 Å². The van der Waals surface area contributed by atoms with Gasteiger partial charge in [-0.15, -0.1) is 0 Å². The van der Waals surface area contributed by atoms with Gasteiger partial charge in [-0.2, -0.15) is 5.26 Å². The highest BCUT2D eigenvalue weighted by atomic mass is 32.2. The Kier molecular flexibility index (Phi) is 4.78. The van der Waals surface area contributed by atoms with E-state index in [0.717, 1.165) is 25.9 Å². The van der Waals surface area contributed by atoms with Gasteiger partial charge in [0.15, 0.2) is 6.23 Å². The molecule has 1 N–H and O–H groups in total. The maximum atomic E-state index is 12.7. The number of rotatable bonds is 3. The Morgan fingerprint density at radius 1 is 1.25 bits per heavy atom. The van der Waals surface area contributed by atoms with Crippen LogP contribution in [0, 0.1) is 11.3 Å². The molecule has 24 heavy (non-hydrogen) atoms. The molecule has 2 aliphatic rings. The van der Waals surface area contributed by atoms with Gasteiger partial charge in [0.25, 0.3) is 0 Å². The molecule has 2 atom stereocenters. The minimum Gasteiger partial charge on any atom is -0.456 e. The van der Waals surface area contributed by atoms with Gasteiger partial charge in [-0.3, -0.25) is 4.90 Å². The molecule has 7 heteroatoms. The summed E-state index contributed by atoms with van der Waals surface area (Å²) in [5.41, 5.74) is 0. The molecular formula is C17H21N3O3S. The van der Waals surface area contributed by atoms with E-state index in [1.165, 1.54) is 18.6 Å². The molecule has 0 aromatic heterocycles. The van der Waals surface area contributed by atoms with Gasteiger partial charge in [-0.05, 0) is 31.9 Å². The minimum atomic E-state index is -3.90. The molecule has 1 aromatic carbocycles. The lowest BCUT2D eigenvalue weighted by Crippen LogP contribution is -2.45. The normalized spacial score (nSPS) is 27.0. The van der Waals surface area contributed by atoms with Gasteiger partial charge >= 0.3 is 0 Å². The monoisotopic (exact) mass is 347 g/mol. The Labute approximate surface area is 142 Å². The summed E-state index contributed by atoms with van der Waals surface area (Å²) >= 11 is 0. The number of hydrogen-bond donors (Lipinski definition) is 1. The van der Waals surface area contributed by atoms with Crippen LogP contribution in [0.4, 0.5) is 0 Å². The molecule has 0 spiro atoms. The first-order valence-electron chi connectivity index (χ1n) is 8.16. The summed E-state index contributed by atoms with van der Waals surface area (Å²) in [6.07, 6.45) is 3.19. The van der Waals surface area contributed by atoms with E-state index in [-0.39, 0.29) is 28.0 Å². The molecule has 128 valence electrons. The Morgan fingerprint density at radius 3 is 2.54 bits per heavy atom. The zero-order valence-electron chi connectivity index (χ0n) is 13.6. The number of nitriles is 1. The molecule has 1 aromatic rings. The van der Waals surface area contributed by atoms with Crippen LogP contribution >= 0.6 is 0 Å². The zero-order chi connectivity index (χ0) is 17.2. The van der Waals surface area contributed by atoms with Crippen molar-refractivity contribution in [1.82, 2.24) is 10.2 Å². The minimum absolute atomic E-state index is 0.0597. The fourth-order valence-corrected chi connectivity index (χ4v) is 4.39. The number of benzene rings is 1. The fraction of sp³-hybridized carbons (Fsp3) is 0.471. The lowest BCUT2D eigenvalue weighted by molar-refractivity contribution is -0.0121. The highest BCUT2D eigenvalue weighted by Gasteiger charge is 2.38. The molecule has 0 radical (unpaired) electrons. The van der Waals surface area contributed by atoms with Crippen molar-refractivity contribution >= 4 is 9.84 Å². The second-order valence-electron chi connectivity index (χ2n) is 6.12. The lowest BCUT2D eigenvalue weighted by atomic mass is 10.1. The van der Waals surface area contributed by atoms with Gasteiger partial charge < -0.3 is 10.1 Å². The molecule has 3 rings (SSSR count). The third-order valence-corrected chi connectivity index (χ3v) is 6.11. The standard InChI is InChI=1S/C17H21N3O3S/c1-13-17(20-10-6-3-7-11-20)23-16(19-13)15(12-18)24(21,22)14-8-4-2-5-9-14/h2,4-5,8-9,13,17,19H,3,6-7,10-11H2,1H3/b16-15-/t13-,17+/m1/s1. The van der Waals surface area contributed by atoms with Crippen LogP contribution in [0.3, 0.4) is 0 Å². The van der Waals surface area contributed by atoms with Crippen molar-refractivity contribution in [3.05, 3.63) is 41.1 Å². The average Bonchev–Trinajstić information content (AvgIpc) is 2.98. The molecule has 2 saturated heterocycles. The molecule has 6 nitrogen and oxygen atoms in total. The Balaban J connectivity index is 1.91. The van der Waals surface area contributed by atoms with Gasteiger partial charge in [0.2, 0.25) is 20.6 Å². The van der Waals surface area contributed by atoms with Crippen molar-refractivity contribution in [2.24, 2.45) is 0 Å². The van der Waals surface area contributed by atoms with Crippen LogP contribution in [0.2, 0.25) is 0 Å². The van der Waals surface area contributed by atoms with E-state index in [0.29, 0.717) is 0 Å². The first-order chi connectivity index (χ1) is 11.5. The van der Waals surface area contributed by atoms with Crippen molar-refractivity contribution in [1.29, 1.82) is 5.26 Å². The van der Waals surface area contributed by atoms with Crippen LogP contribution in [-0.2, 0) is 14.6 Å². The summed E-state index contributed by atoms with van der Waals surface area (Å²) in [7, 11) is -3.90. The summed E-state index contributed by atoms with van der Waals surface area (Å²) in [5, 5.41) is 12.5. The number of nitrogens with zero attached hydrogens (tertiary/aromatic N) is 2. The average molecular weight is 347 g/mol. The number of sulfone groups is 1. The number of ether oxygens (including phenoxy) is 1. The summed E-state index contributed by atoms with van der Waals surface area (Å²) in [4.78, 5) is 1.94. The molecular weight excluding hydrogens is 326 g/mol.